The first kappa shape index (κ1) is 17.6. The summed E-state index contributed by atoms with van der Waals surface area (Å²) in [6.45, 7) is 0.412. The molecule has 1 unspecified atom stereocenters. The first-order valence-corrected chi connectivity index (χ1v) is 9.54. The number of amides is 1. The lowest BCUT2D eigenvalue weighted by molar-refractivity contribution is 0.0785. The van der Waals surface area contributed by atoms with Gasteiger partial charge in [0.1, 0.15) is 5.69 Å². The minimum atomic E-state index is -3.55. The van der Waals surface area contributed by atoms with Crippen LogP contribution in [0.25, 0.3) is 0 Å². The second kappa shape index (κ2) is 6.61. The number of aryl methyl sites for hydroxylation is 1. The molecule has 0 radical (unpaired) electrons. The highest BCUT2D eigenvalue weighted by Gasteiger charge is 2.36. The van der Waals surface area contributed by atoms with Crippen LogP contribution in [-0.2, 0) is 16.9 Å². The van der Waals surface area contributed by atoms with Crippen molar-refractivity contribution in [2.45, 2.75) is 16.6 Å². The van der Waals surface area contributed by atoms with E-state index in [-0.39, 0.29) is 28.6 Å². The standard InChI is InChI=1S/C16H16ClN3O4S/c1-19-15(21)7-6-14(18-19)16(22)20-9-8-13(10-20)25(23,24)12-4-2-11(17)3-5-12/h2-7,13H,8-10H2,1H3. The molecular weight excluding hydrogens is 366 g/mol. The van der Waals surface area contributed by atoms with E-state index < -0.39 is 15.1 Å². The number of hydrogen-bond donors (Lipinski definition) is 0. The molecule has 1 aliphatic rings. The van der Waals surface area contributed by atoms with Gasteiger partial charge in [0.25, 0.3) is 11.5 Å². The minimum Gasteiger partial charge on any atom is -0.336 e. The third kappa shape index (κ3) is 3.45. The zero-order valence-electron chi connectivity index (χ0n) is 13.4. The zero-order chi connectivity index (χ0) is 18.2. The van der Waals surface area contributed by atoms with Crippen LogP contribution in [0.1, 0.15) is 16.9 Å². The number of sulfone groups is 1. The molecule has 1 atom stereocenters. The third-order valence-electron chi connectivity index (χ3n) is 4.19. The predicted molar refractivity (Wildman–Crippen MR) is 92.4 cm³/mol. The first-order chi connectivity index (χ1) is 11.8. The predicted octanol–water partition coefficient (Wildman–Crippen LogP) is 1.12. The number of aromatic nitrogens is 2. The van der Waals surface area contributed by atoms with E-state index in [0.29, 0.717) is 18.0 Å². The second-order valence-corrected chi connectivity index (χ2v) is 8.51. The maximum absolute atomic E-state index is 12.7. The summed E-state index contributed by atoms with van der Waals surface area (Å²) >= 11 is 5.80. The number of benzene rings is 1. The van der Waals surface area contributed by atoms with Crippen molar-refractivity contribution in [1.29, 1.82) is 0 Å². The summed E-state index contributed by atoms with van der Waals surface area (Å²) in [6, 6.07) is 8.61. The first-order valence-electron chi connectivity index (χ1n) is 7.62. The summed E-state index contributed by atoms with van der Waals surface area (Å²) < 4.78 is 26.5. The minimum absolute atomic E-state index is 0.0916. The van der Waals surface area contributed by atoms with E-state index in [0.717, 1.165) is 4.68 Å². The van der Waals surface area contributed by atoms with Crippen LogP contribution >= 0.6 is 11.6 Å². The molecule has 132 valence electrons. The van der Waals surface area contributed by atoms with Crippen molar-refractivity contribution in [1.82, 2.24) is 14.7 Å². The molecule has 3 rings (SSSR count). The molecule has 1 aromatic carbocycles. The fourth-order valence-electron chi connectivity index (χ4n) is 2.76. The third-order valence-corrected chi connectivity index (χ3v) is 6.64. The smallest absolute Gasteiger partial charge is 0.274 e. The van der Waals surface area contributed by atoms with Crippen molar-refractivity contribution in [3.8, 4) is 0 Å². The van der Waals surface area contributed by atoms with Crippen LogP contribution in [-0.4, -0.2) is 47.3 Å². The van der Waals surface area contributed by atoms with Gasteiger partial charge in [0.05, 0.1) is 10.1 Å². The van der Waals surface area contributed by atoms with E-state index in [1.807, 2.05) is 0 Å². The van der Waals surface area contributed by atoms with Crippen molar-refractivity contribution in [3.63, 3.8) is 0 Å². The topological polar surface area (TPSA) is 89.3 Å². The van der Waals surface area contributed by atoms with Gasteiger partial charge in [-0.1, -0.05) is 11.6 Å². The molecule has 7 nitrogen and oxygen atoms in total. The van der Waals surface area contributed by atoms with Gasteiger partial charge in [0.15, 0.2) is 9.84 Å². The van der Waals surface area contributed by atoms with Gasteiger partial charge in [-0.25, -0.2) is 13.1 Å². The quantitative estimate of drug-likeness (QED) is 0.794. The van der Waals surface area contributed by atoms with Crippen LogP contribution in [0.3, 0.4) is 0 Å². The monoisotopic (exact) mass is 381 g/mol. The lowest BCUT2D eigenvalue weighted by atomic mass is 10.3. The number of rotatable bonds is 3. The maximum atomic E-state index is 12.7. The summed E-state index contributed by atoms with van der Waals surface area (Å²) in [6.07, 6.45) is 0.350. The van der Waals surface area contributed by atoms with Crippen molar-refractivity contribution in [2.75, 3.05) is 13.1 Å². The Balaban J connectivity index is 1.78. The van der Waals surface area contributed by atoms with Gasteiger partial charge in [-0.3, -0.25) is 9.59 Å². The Kier molecular flexibility index (Phi) is 4.66. The Bertz CT molecular complexity index is 970. The van der Waals surface area contributed by atoms with Crippen molar-refractivity contribution in [2.24, 2.45) is 7.05 Å². The molecule has 25 heavy (non-hydrogen) atoms. The molecule has 1 aromatic heterocycles. The van der Waals surface area contributed by atoms with Crippen LogP contribution in [0, 0.1) is 0 Å². The van der Waals surface area contributed by atoms with Gasteiger partial charge < -0.3 is 4.90 Å². The summed E-state index contributed by atoms with van der Waals surface area (Å²) in [5, 5.41) is 3.71. The zero-order valence-corrected chi connectivity index (χ0v) is 15.0. The summed E-state index contributed by atoms with van der Waals surface area (Å²) in [5.41, 5.74) is -0.201. The fraction of sp³-hybridized carbons (Fsp3) is 0.312. The Morgan fingerprint density at radius 2 is 1.88 bits per heavy atom. The molecule has 2 heterocycles. The van der Waals surface area contributed by atoms with Crippen LogP contribution < -0.4 is 5.56 Å². The molecule has 1 aliphatic heterocycles. The molecule has 9 heteroatoms. The molecule has 0 saturated carbocycles. The lowest BCUT2D eigenvalue weighted by Crippen LogP contribution is -2.33. The van der Waals surface area contributed by atoms with E-state index in [1.54, 1.807) is 0 Å². The number of carbonyl (C=O) groups excluding carboxylic acids is 1. The normalized spacial score (nSPS) is 17.7. The summed E-state index contributed by atoms with van der Waals surface area (Å²) in [4.78, 5) is 25.5. The average molecular weight is 382 g/mol. The Morgan fingerprint density at radius 3 is 2.52 bits per heavy atom. The van der Waals surface area contributed by atoms with E-state index in [9.17, 15) is 18.0 Å². The average Bonchev–Trinajstić information content (AvgIpc) is 3.08. The number of likely N-dealkylation sites (tertiary alicyclic amines) is 1. The van der Waals surface area contributed by atoms with E-state index in [2.05, 4.69) is 5.10 Å². The molecule has 1 amide bonds. The van der Waals surface area contributed by atoms with E-state index in [1.165, 1.54) is 48.3 Å². The van der Waals surface area contributed by atoms with Crippen LogP contribution in [0.4, 0.5) is 0 Å². The summed E-state index contributed by atoms with van der Waals surface area (Å²) in [7, 11) is -2.09. The number of carbonyl (C=O) groups is 1. The highest BCUT2D eigenvalue weighted by molar-refractivity contribution is 7.92. The van der Waals surface area contributed by atoms with Gasteiger partial charge in [-0.05, 0) is 36.8 Å². The molecular formula is C16H16ClN3O4S. The van der Waals surface area contributed by atoms with Crippen molar-refractivity contribution < 1.29 is 13.2 Å². The molecule has 1 saturated heterocycles. The van der Waals surface area contributed by atoms with Crippen LogP contribution in [0.2, 0.25) is 5.02 Å². The molecule has 0 bridgehead atoms. The SMILES string of the molecule is Cn1nc(C(=O)N2CCC(S(=O)(=O)c3ccc(Cl)cc3)C2)ccc1=O. The molecule has 0 N–H and O–H groups in total. The van der Waals surface area contributed by atoms with Crippen molar-refractivity contribution >= 4 is 27.3 Å². The van der Waals surface area contributed by atoms with Gasteiger partial charge >= 0.3 is 0 Å². The van der Waals surface area contributed by atoms with Gasteiger partial charge in [0, 0.05) is 31.2 Å². The van der Waals surface area contributed by atoms with Crippen LogP contribution in [0.15, 0.2) is 46.1 Å². The van der Waals surface area contributed by atoms with Crippen LogP contribution in [0.5, 0.6) is 0 Å². The van der Waals surface area contributed by atoms with Crippen molar-refractivity contribution in [3.05, 3.63) is 57.5 Å². The Labute approximate surface area is 149 Å². The maximum Gasteiger partial charge on any atom is 0.274 e. The number of hydrogen-bond acceptors (Lipinski definition) is 5. The fourth-order valence-corrected chi connectivity index (χ4v) is 4.58. The Morgan fingerprint density at radius 1 is 1.20 bits per heavy atom. The number of nitrogens with zero attached hydrogens (tertiary/aromatic N) is 3. The summed E-state index contributed by atoms with van der Waals surface area (Å²) in [5.74, 6) is -0.385. The van der Waals surface area contributed by atoms with Gasteiger partial charge in [-0.15, -0.1) is 0 Å². The molecule has 0 spiro atoms. The molecule has 0 aliphatic carbocycles. The molecule has 1 fully saturated rings. The number of halogens is 1. The highest BCUT2D eigenvalue weighted by Crippen LogP contribution is 2.25. The highest BCUT2D eigenvalue weighted by atomic mass is 35.5. The van der Waals surface area contributed by atoms with Gasteiger partial charge in [0.2, 0.25) is 0 Å². The van der Waals surface area contributed by atoms with Gasteiger partial charge in [-0.2, -0.15) is 5.10 Å². The van der Waals surface area contributed by atoms with E-state index in [4.69, 9.17) is 11.6 Å². The Hall–Kier alpha value is -2.19. The lowest BCUT2D eigenvalue weighted by Gasteiger charge is -2.16. The van der Waals surface area contributed by atoms with E-state index >= 15 is 0 Å². The second-order valence-electron chi connectivity index (χ2n) is 5.84. The largest absolute Gasteiger partial charge is 0.336 e. The molecule has 2 aromatic rings.